The Morgan fingerprint density at radius 3 is 2.20 bits per heavy atom. The fraction of sp³-hybridized carbons (Fsp3) is 0.700. The van der Waals surface area contributed by atoms with Crippen molar-refractivity contribution >= 4 is 17.7 Å². The molecule has 0 unspecified atom stereocenters. The van der Waals surface area contributed by atoms with Gasteiger partial charge in [-0.1, -0.05) is 6.92 Å². The molecule has 0 aromatic carbocycles. The molecule has 0 aromatic rings. The molecule has 1 N–H and O–H groups in total. The van der Waals surface area contributed by atoms with Crippen molar-refractivity contribution in [1.82, 2.24) is 0 Å². The Kier molecular flexibility index (Phi) is 7.23. The van der Waals surface area contributed by atoms with Gasteiger partial charge in [-0.05, 0) is 6.42 Å². The monoisotopic (exact) mass is 216 g/mol. The van der Waals surface area contributed by atoms with E-state index in [0.29, 0.717) is 6.61 Å². The molecule has 0 aliphatic rings. The van der Waals surface area contributed by atoms with Crippen molar-refractivity contribution in [2.75, 3.05) is 6.61 Å². The number of carbonyl (C=O) groups excluding carboxylic acids is 2. The lowest BCUT2D eigenvalue weighted by atomic mass is 10.1. The van der Waals surface area contributed by atoms with Crippen molar-refractivity contribution in [2.45, 2.75) is 39.0 Å². The highest BCUT2D eigenvalue weighted by molar-refractivity contribution is 5.85. The van der Waals surface area contributed by atoms with Crippen molar-refractivity contribution in [1.29, 1.82) is 0 Å². The van der Waals surface area contributed by atoms with Crippen LogP contribution >= 0.6 is 0 Å². The molecular formula is C10H16O5. The Balaban J connectivity index is 3.53. The minimum atomic E-state index is -1.00. The summed E-state index contributed by atoms with van der Waals surface area (Å²) in [6, 6.07) is 0. The van der Waals surface area contributed by atoms with E-state index in [1.165, 1.54) is 0 Å². The predicted octanol–water partition coefficient (Wildman–Crippen LogP) is 1.15. The average molecular weight is 216 g/mol. The molecule has 0 amide bonds. The summed E-state index contributed by atoms with van der Waals surface area (Å²) in [5.74, 6) is -1.62. The van der Waals surface area contributed by atoms with Crippen LogP contribution in [0.15, 0.2) is 0 Å². The van der Waals surface area contributed by atoms with E-state index < -0.39 is 11.9 Å². The number of esters is 1. The van der Waals surface area contributed by atoms with Crippen LogP contribution in [-0.2, 0) is 19.1 Å². The Bertz CT molecular complexity index is 234. The summed E-state index contributed by atoms with van der Waals surface area (Å²) in [4.78, 5) is 32.1. The number of rotatable bonds is 8. The van der Waals surface area contributed by atoms with Gasteiger partial charge >= 0.3 is 11.9 Å². The molecule has 0 heterocycles. The van der Waals surface area contributed by atoms with Crippen LogP contribution in [0.1, 0.15) is 39.0 Å². The molecule has 0 bridgehead atoms. The van der Waals surface area contributed by atoms with Crippen LogP contribution in [0.5, 0.6) is 0 Å². The topological polar surface area (TPSA) is 80.7 Å². The third-order valence-electron chi connectivity index (χ3n) is 1.69. The largest absolute Gasteiger partial charge is 0.481 e. The fourth-order valence-corrected chi connectivity index (χ4v) is 0.901. The first-order chi connectivity index (χ1) is 7.06. The van der Waals surface area contributed by atoms with Crippen LogP contribution in [-0.4, -0.2) is 29.4 Å². The van der Waals surface area contributed by atoms with Gasteiger partial charge < -0.3 is 9.84 Å². The van der Waals surface area contributed by atoms with E-state index in [9.17, 15) is 14.4 Å². The lowest BCUT2D eigenvalue weighted by molar-refractivity contribution is -0.144. The molecular weight excluding hydrogens is 200 g/mol. The van der Waals surface area contributed by atoms with Crippen molar-refractivity contribution in [3.8, 4) is 0 Å². The van der Waals surface area contributed by atoms with Crippen molar-refractivity contribution in [2.24, 2.45) is 0 Å². The number of aliphatic carboxylic acids is 1. The number of hydrogen-bond donors (Lipinski definition) is 1. The molecule has 0 saturated heterocycles. The molecule has 0 fully saturated rings. The third-order valence-corrected chi connectivity index (χ3v) is 1.69. The van der Waals surface area contributed by atoms with Gasteiger partial charge in [-0.3, -0.25) is 14.4 Å². The molecule has 0 aromatic heterocycles. The summed E-state index contributed by atoms with van der Waals surface area (Å²) in [5, 5.41) is 8.31. The minimum absolute atomic E-state index is 0.0175. The van der Waals surface area contributed by atoms with E-state index in [4.69, 9.17) is 9.84 Å². The SMILES string of the molecule is CCCOC(=O)CCC(=O)CCC(=O)O. The molecule has 5 heteroatoms. The van der Waals surface area contributed by atoms with Gasteiger partial charge in [0.05, 0.1) is 19.4 Å². The van der Waals surface area contributed by atoms with Gasteiger partial charge in [-0.25, -0.2) is 0 Å². The van der Waals surface area contributed by atoms with Crippen molar-refractivity contribution in [3.63, 3.8) is 0 Å². The van der Waals surface area contributed by atoms with Crippen LogP contribution in [0.25, 0.3) is 0 Å². The molecule has 0 radical (unpaired) electrons. The molecule has 0 atom stereocenters. The second-order valence-corrected chi connectivity index (χ2v) is 3.15. The lowest BCUT2D eigenvalue weighted by Crippen LogP contribution is -2.09. The maximum Gasteiger partial charge on any atom is 0.306 e. The molecule has 0 saturated carbocycles. The third kappa shape index (κ3) is 8.93. The second kappa shape index (κ2) is 7.96. The van der Waals surface area contributed by atoms with Crippen LogP contribution in [0.3, 0.4) is 0 Å². The van der Waals surface area contributed by atoms with E-state index >= 15 is 0 Å². The van der Waals surface area contributed by atoms with Gasteiger partial charge in [0.15, 0.2) is 0 Å². The zero-order chi connectivity index (χ0) is 11.7. The van der Waals surface area contributed by atoms with E-state index in [1.54, 1.807) is 0 Å². The Hall–Kier alpha value is -1.39. The van der Waals surface area contributed by atoms with E-state index in [1.807, 2.05) is 6.92 Å². The summed E-state index contributed by atoms with van der Waals surface area (Å²) >= 11 is 0. The molecule has 0 aliphatic carbocycles. The summed E-state index contributed by atoms with van der Waals surface area (Å²) in [5.41, 5.74) is 0. The highest BCUT2D eigenvalue weighted by atomic mass is 16.5. The number of carboxylic acid groups (broad SMARTS) is 1. The molecule has 0 rings (SSSR count). The van der Waals surface area contributed by atoms with Crippen LogP contribution in [0.4, 0.5) is 0 Å². The quantitative estimate of drug-likeness (QED) is 0.615. The summed E-state index contributed by atoms with van der Waals surface area (Å²) in [7, 11) is 0. The number of carboxylic acids is 1. The number of Topliss-reactive ketones (excluding diaryl/α,β-unsaturated/α-hetero) is 1. The first kappa shape index (κ1) is 13.6. The van der Waals surface area contributed by atoms with Crippen molar-refractivity contribution < 1.29 is 24.2 Å². The van der Waals surface area contributed by atoms with Gasteiger partial charge in [0.1, 0.15) is 5.78 Å². The number of ketones is 1. The zero-order valence-corrected chi connectivity index (χ0v) is 8.82. The highest BCUT2D eigenvalue weighted by Gasteiger charge is 2.09. The smallest absolute Gasteiger partial charge is 0.306 e. The fourth-order valence-electron chi connectivity index (χ4n) is 0.901. The van der Waals surface area contributed by atoms with Gasteiger partial charge in [0.2, 0.25) is 0 Å². The molecule has 15 heavy (non-hydrogen) atoms. The molecule has 0 aliphatic heterocycles. The van der Waals surface area contributed by atoms with Gasteiger partial charge in [0, 0.05) is 12.8 Å². The normalized spacial score (nSPS) is 9.67. The highest BCUT2D eigenvalue weighted by Crippen LogP contribution is 2.00. The van der Waals surface area contributed by atoms with Crippen LogP contribution in [0.2, 0.25) is 0 Å². The van der Waals surface area contributed by atoms with Gasteiger partial charge in [-0.15, -0.1) is 0 Å². The second-order valence-electron chi connectivity index (χ2n) is 3.15. The first-order valence-electron chi connectivity index (χ1n) is 4.95. The minimum Gasteiger partial charge on any atom is -0.481 e. The predicted molar refractivity (Wildman–Crippen MR) is 52.4 cm³/mol. The lowest BCUT2D eigenvalue weighted by Gasteiger charge is -2.01. The van der Waals surface area contributed by atoms with Gasteiger partial charge in [0.25, 0.3) is 0 Å². The average Bonchev–Trinajstić information content (AvgIpc) is 2.20. The molecule has 86 valence electrons. The van der Waals surface area contributed by atoms with Crippen LogP contribution < -0.4 is 0 Å². The zero-order valence-electron chi connectivity index (χ0n) is 8.82. The Morgan fingerprint density at radius 1 is 1.07 bits per heavy atom. The first-order valence-corrected chi connectivity index (χ1v) is 4.95. The maximum absolute atomic E-state index is 11.1. The molecule has 0 spiro atoms. The van der Waals surface area contributed by atoms with E-state index in [-0.39, 0.29) is 31.5 Å². The van der Waals surface area contributed by atoms with Crippen molar-refractivity contribution in [3.05, 3.63) is 0 Å². The summed E-state index contributed by atoms with van der Waals surface area (Å²) in [6.45, 7) is 2.24. The van der Waals surface area contributed by atoms with Crippen LogP contribution in [0, 0.1) is 0 Å². The number of hydrogen-bond acceptors (Lipinski definition) is 4. The molecule has 5 nitrogen and oxygen atoms in total. The Morgan fingerprint density at radius 2 is 1.67 bits per heavy atom. The number of carbonyl (C=O) groups is 3. The maximum atomic E-state index is 11.1. The Labute approximate surface area is 88.4 Å². The number of ether oxygens (including phenoxy) is 1. The van der Waals surface area contributed by atoms with Gasteiger partial charge in [-0.2, -0.15) is 0 Å². The summed E-state index contributed by atoms with van der Waals surface area (Å²) < 4.78 is 4.76. The summed E-state index contributed by atoms with van der Waals surface area (Å²) in [6.07, 6.45) is 0.659. The van der Waals surface area contributed by atoms with E-state index in [2.05, 4.69) is 0 Å². The van der Waals surface area contributed by atoms with E-state index in [0.717, 1.165) is 6.42 Å². The standard InChI is InChI=1S/C10H16O5/c1-2-7-15-10(14)6-4-8(11)3-5-9(12)13/h2-7H2,1H3,(H,12,13).